The molecule has 1 N–H and O–H groups in total. The van der Waals surface area contributed by atoms with E-state index in [1.165, 1.54) is 6.07 Å². The topological polar surface area (TPSA) is 42.4 Å². The van der Waals surface area contributed by atoms with E-state index in [0.29, 0.717) is 17.9 Å². The maximum Gasteiger partial charge on any atom is 0.133 e. The second-order valence-corrected chi connectivity index (χ2v) is 7.10. The Morgan fingerprint density at radius 2 is 2.03 bits per heavy atom. The highest BCUT2D eigenvalue weighted by atomic mass is 19.1. The van der Waals surface area contributed by atoms with Crippen LogP contribution in [0.3, 0.4) is 0 Å². The van der Waals surface area contributed by atoms with Crippen molar-refractivity contribution in [1.82, 2.24) is 4.98 Å². The molecule has 0 spiro atoms. The number of unbranched alkanes of at least 4 members (excludes halogenated alkanes) is 1. The maximum absolute atomic E-state index is 14.7. The minimum Gasteiger partial charge on any atom is -0.490 e. The summed E-state index contributed by atoms with van der Waals surface area (Å²) in [5, 5.41) is 11.2. The van der Waals surface area contributed by atoms with Crippen LogP contribution in [0.5, 0.6) is 5.75 Å². The number of aromatic nitrogens is 1. The summed E-state index contributed by atoms with van der Waals surface area (Å²) in [6, 6.07) is 12.8. The molecule has 4 heteroatoms. The molecule has 1 heterocycles. The van der Waals surface area contributed by atoms with Gasteiger partial charge in [0.25, 0.3) is 0 Å². The van der Waals surface area contributed by atoms with Gasteiger partial charge in [0, 0.05) is 17.1 Å². The molecule has 3 nitrogen and oxygen atoms in total. The van der Waals surface area contributed by atoms with E-state index >= 15 is 0 Å². The van der Waals surface area contributed by atoms with E-state index in [2.05, 4.69) is 11.6 Å². The molecule has 0 aliphatic heterocycles. The minimum atomic E-state index is -0.297. The number of hydrogen-bond acceptors (Lipinski definition) is 3. The van der Waals surface area contributed by atoms with Crippen LogP contribution in [0.15, 0.2) is 67.4 Å². The average Bonchev–Trinajstić information content (AvgIpc) is 2.71. The Morgan fingerprint density at radius 3 is 2.79 bits per heavy atom. The number of aliphatic hydroxyl groups is 1. The van der Waals surface area contributed by atoms with Crippen LogP contribution in [0.2, 0.25) is 0 Å². The molecule has 0 bridgehead atoms. The van der Waals surface area contributed by atoms with Crippen molar-refractivity contribution in [3.05, 3.63) is 78.8 Å². The van der Waals surface area contributed by atoms with E-state index in [1.54, 1.807) is 25.3 Å². The number of hydrogen-bond donors (Lipinski definition) is 1. The van der Waals surface area contributed by atoms with Gasteiger partial charge >= 0.3 is 0 Å². The molecule has 0 saturated carbocycles. The van der Waals surface area contributed by atoms with Crippen LogP contribution in [-0.2, 0) is 0 Å². The number of nitrogens with zero attached hydrogens (tertiary/aromatic N) is 1. The highest BCUT2D eigenvalue weighted by Crippen LogP contribution is 2.27. The van der Waals surface area contributed by atoms with Crippen LogP contribution in [0.1, 0.15) is 31.7 Å². The van der Waals surface area contributed by atoms with Crippen LogP contribution >= 0.6 is 0 Å². The highest BCUT2D eigenvalue weighted by molar-refractivity contribution is 5.86. The van der Waals surface area contributed by atoms with Crippen LogP contribution in [0.25, 0.3) is 28.1 Å². The van der Waals surface area contributed by atoms with Gasteiger partial charge < -0.3 is 9.84 Å². The van der Waals surface area contributed by atoms with Crippen molar-refractivity contribution in [1.29, 1.82) is 0 Å². The summed E-state index contributed by atoms with van der Waals surface area (Å²) < 4.78 is 20.2. The SMILES string of the molecule is C=CCOc1ccc2cc(-c3ccc(/C=C/CCCC(C)O)cc3F)ncc2c1. The molecule has 2 aromatic carbocycles. The van der Waals surface area contributed by atoms with Crippen molar-refractivity contribution in [3.8, 4) is 17.0 Å². The van der Waals surface area contributed by atoms with Gasteiger partial charge in [-0.2, -0.15) is 0 Å². The molecule has 0 aliphatic carbocycles. The van der Waals surface area contributed by atoms with Gasteiger partial charge in [0.1, 0.15) is 18.2 Å². The maximum atomic E-state index is 14.7. The molecule has 29 heavy (non-hydrogen) atoms. The molecule has 1 unspecified atom stereocenters. The van der Waals surface area contributed by atoms with E-state index in [0.717, 1.165) is 41.3 Å². The molecule has 1 aromatic heterocycles. The van der Waals surface area contributed by atoms with E-state index < -0.39 is 0 Å². The Bertz CT molecular complexity index is 1010. The number of pyridine rings is 1. The summed E-state index contributed by atoms with van der Waals surface area (Å²) in [5.41, 5.74) is 1.89. The van der Waals surface area contributed by atoms with Gasteiger partial charge in [0.15, 0.2) is 0 Å². The van der Waals surface area contributed by atoms with Crippen molar-refractivity contribution in [2.24, 2.45) is 0 Å². The standard InChI is InChI=1S/C25H26FNO2/c1-3-13-29-22-11-10-20-16-25(27-17-21(20)15-22)23-12-9-19(14-24(23)26)8-6-4-5-7-18(2)28/h3,6,8-12,14-18,28H,1,4-5,7,13H2,2H3/b8-6+. The summed E-state index contributed by atoms with van der Waals surface area (Å²) in [7, 11) is 0. The quantitative estimate of drug-likeness (QED) is 0.350. The Labute approximate surface area is 171 Å². The second-order valence-electron chi connectivity index (χ2n) is 7.10. The summed E-state index contributed by atoms with van der Waals surface area (Å²) in [6.45, 7) is 5.88. The Kier molecular flexibility index (Phi) is 7.14. The van der Waals surface area contributed by atoms with Crippen molar-refractivity contribution in [2.75, 3.05) is 6.61 Å². The zero-order valence-corrected chi connectivity index (χ0v) is 16.6. The first-order chi connectivity index (χ1) is 14.1. The first kappa shape index (κ1) is 20.7. The Morgan fingerprint density at radius 1 is 1.17 bits per heavy atom. The first-order valence-corrected chi connectivity index (χ1v) is 9.85. The third-order valence-corrected chi connectivity index (χ3v) is 4.63. The van der Waals surface area contributed by atoms with Gasteiger partial charge in [-0.1, -0.05) is 36.9 Å². The number of aliphatic hydroxyl groups excluding tert-OH is 1. The monoisotopic (exact) mass is 391 g/mol. The third-order valence-electron chi connectivity index (χ3n) is 4.63. The molecule has 3 aromatic rings. The van der Waals surface area contributed by atoms with Gasteiger partial charge in [0.05, 0.1) is 11.8 Å². The molecule has 1 atom stereocenters. The largest absolute Gasteiger partial charge is 0.490 e. The molecule has 0 aliphatic rings. The fraction of sp³-hybridized carbons (Fsp3) is 0.240. The van der Waals surface area contributed by atoms with Gasteiger partial charge in [-0.25, -0.2) is 4.39 Å². The molecule has 150 valence electrons. The van der Waals surface area contributed by atoms with Gasteiger partial charge in [0.2, 0.25) is 0 Å². The van der Waals surface area contributed by atoms with Crippen molar-refractivity contribution in [2.45, 2.75) is 32.3 Å². The Balaban J connectivity index is 1.75. The predicted molar refractivity (Wildman–Crippen MR) is 117 cm³/mol. The average molecular weight is 391 g/mol. The van der Waals surface area contributed by atoms with Crippen LogP contribution in [0.4, 0.5) is 4.39 Å². The third kappa shape index (κ3) is 5.75. The first-order valence-electron chi connectivity index (χ1n) is 9.85. The highest BCUT2D eigenvalue weighted by Gasteiger charge is 2.08. The zero-order valence-electron chi connectivity index (χ0n) is 16.6. The van der Waals surface area contributed by atoms with Crippen LogP contribution in [-0.4, -0.2) is 22.8 Å². The number of fused-ring (bicyclic) bond motifs is 1. The van der Waals surface area contributed by atoms with E-state index in [4.69, 9.17) is 4.74 Å². The van der Waals surface area contributed by atoms with E-state index in [9.17, 15) is 9.50 Å². The lowest BCUT2D eigenvalue weighted by Crippen LogP contribution is -1.97. The van der Waals surface area contributed by atoms with E-state index in [1.807, 2.05) is 42.5 Å². The Hall–Kier alpha value is -2.98. The van der Waals surface area contributed by atoms with Crippen LogP contribution in [0, 0.1) is 5.82 Å². The predicted octanol–water partition coefficient (Wildman–Crippen LogP) is 6.17. The van der Waals surface area contributed by atoms with Gasteiger partial charge in [-0.3, -0.25) is 4.98 Å². The number of benzene rings is 2. The zero-order chi connectivity index (χ0) is 20.6. The number of ether oxygens (including phenoxy) is 1. The van der Waals surface area contributed by atoms with Crippen molar-refractivity contribution >= 4 is 16.8 Å². The molecular weight excluding hydrogens is 365 g/mol. The fourth-order valence-corrected chi connectivity index (χ4v) is 3.11. The van der Waals surface area contributed by atoms with E-state index in [-0.39, 0.29) is 11.9 Å². The lowest BCUT2D eigenvalue weighted by molar-refractivity contribution is 0.182. The second kappa shape index (κ2) is 9.99. The normalized spacial score (nSPS) is 12.4. The molecule has 3 rings (SSSR count). The lowest BCUT2D eigenvalue weighted by Gasteiger charge is -2.08. The summed E-state index contributed by atoms with van der Waals surface area (Å²) in [6.07, 6.45) is 9.62. The minimum absolute atomic E-state index is 0.277. The number of allylic oxidation sites excluding steroid dienone is 1. The van der Waals surface area contributed by atoms with Crippen LogP contribution < -0.4 is 4.74 Å². The molecule has 0 fully saturated rings. The molecule has 0 radical (unpaired) electrons. The lowest BCUT2D eigenvalue weighted by atomic mass is 10.0. The number of halogens is 1. The number of rotatable bonds is 9. The molecule has 0 saturated heterocycles. The summed E-state index contributed by atoms with van der Waals surface area (Å²) in [4.78, 5) is 4.43. The van der Waals surface area contributed by atoms with Gasteiger partial charge in [-0.05, 0) is 67.5 Å². The van der Waals surface area contributed by atoms with Crippen molar-refractivity contribution in [3.63, 3.8) is 0 Å². The summed E-state index contributed by atoms with van der Waals surface area (Å²) in [5.74, 6) is 0.455. The van der Waals surface area contributed by atoms with Crippen molar-refractivity contribution < 1.29 is 14.2 Å². The fourth-order valence-electron chi connectivity index (χ4n) is 3.11. The smallest absolute Gasteiger partial charge is 0.133 e. The molecule has 0 amide bonds. The summed E-state index contributed by atoms with van der Waals surface area (Å²) >= 11 is 0. The van der Waals surface area contributed by atoms with Gasteiger partial charge in [-0.15, -0.1) is 0 Å². The molecular formula is C25H26FNO2.